The molecule has 0 aromatic rings. The minimum atomic E-state index is 0.473. The second-order valence-electron chi connectivity index (χ2n) is 1.46. The first-order chi connectivity index (χ1) is 4.86. The first-order valence-corrected chi connectivity index (χ1v) is 3.25. The third kappa shape index (κ3) is 1.50. The maximum atomic E-state index is 4.52. The highest BCUT2D eigenvalue weighted by atomic mass is 32.1. The Balaban J connectivity index is 2.92. The van der Waals surface area contributed by atoms with E-state index in [1.165, 1.54) is 6.34 Å². The number of hydrogen-bond donors (Lipinski definition) is 2. The van der Waals surface area contributed by atoms with Crippen LogP contribution in [0.25, 0.3) is 0 Å². The molecule has 0 saturated carbocycles. The second kappa shape index (κ2) is 3.25. The average molecular weight is 169 g/mol. The van der Waals surface area contributed by atoms with Crippen LogP contribution in [0, 0.1) is 0 Å². The van der Waals surface area contributed by atoms with Crippen molar-refractivity contribution >= 4 is 40.8 Å². The minimum absolute atomic E-state index is 0.473. The fourth-order valence-corrected chi connectivity index (χ4v) is 0.669. The zero-order valence-electron chi connectivity index (χ0n) is 4.84. The molecule has 0 spiro atoms. The van der Waals surface area contributed by atoms with Crippen molar-refractivity contribution < 1.29 is 0 Å². The van der Waals surface area contributed by atoms with Crippen LogP contribution in [0.15, 0.2) is 16.6 Å². The van der Waals surface area contributed by atoms with Crippen molar-refractivity contribution in [3.05, 3.63) is 11.6 Å². The van der Waals surface area contributed by atoms with Gasteiger partial charge in [-0.3, -0.25) is 0 Å². The van der Waals surface area contributed by atoms with Crippen LogP contribution in [0.4, 0.5) is 0 Å². The Kier molecular flexibility index (Phi) is 2.31. The van der Waals surface area contributed by atoms with Crippen LogP contribution in [0.2, 0.25) is 0 Å². The first kappa shape index (κ1) is 7.12. The Morgan fingerprint density at radius 3 is 2.80 bits per heavy atom. The van der Waals surface area contributed by atoms with Crippen molar-refractivity contribution in [1.29, 1.82) is 0 Å². The largest absolute Gasteiger partial charge is 0.325 e. The highest BCUT2D eigenvalue weighted by Crippen LogP contribution is 1.91. The summed E-state index contributed by atoms with van der Waals surface area (Å²) in [6.07, 6.45) is 1.47. The summed E-state index contributed by atoms with van der Waals surface area (Å²) in [6, 6.07) is 0. The first-order valence-electron chi connectivity index (χ1n) is 2.43. The molecular formula is C5H3N3S2. The molecule has 0 unspecified atom stereocenters. The van der Waals surface area contributed by atoms with Crippen molar-refractivity contribution in [3.63, 3.8) is 0 Å². The van der Waals surface area contributed by atoms with Crippen molar-refractivity contribution in [2.24, 2.45) is 4.99 Å². The molecule has 2 N–H and O–H groups in total. The molecule has 1 aliphatic rings. The Labute approximate surface area is 68.5 Å². The molecule has 0 aromatic carbocycles. The Morgan fingerprint density at radius 1 is 1.40 bits per heavy atom. The zero-order valence-corrected chi connectivity index (χ0v) is 6.47. The Morgan fingerprint density at radius 2 is 2.20 bits per heavy atom. The summed E-state index contributed by atoms with van der Waals surface area (Å²) in [5.74, 6) is 1.04. The van der Waals surface area contributed by atoms with E-state index in [0.717, 1.165) is 0 Å². The van der Waals surface area contributed by atoms with Gasteiger partial charge in [-0.15, -0.1) is 0 Å². The van der Waals surface area contributed by atoms with Crippen LogP contribution in [0.5, 0.6) is 0 Å². The summed E-state index contributed by atoms with van der Waals surface area (Å²) < 4.78 is 0. The molecule has 50 valence electrons. The van der Waals surface area contributed by atoms with Crippen molar-refractivity contribution in [2.45, 2.75) is 0 Å². The topological polar surface area (TPSA) is 36.4 Å². The molecule has 0 amide bonds. The summed E-state index contributed by atoms with van der Waals surface area (Å²) in [5, 5.41) is 10.3. The number of rotatable bonds is 0. The van der Waals surface area contributed by atoms with Gasteiger partial charge in [0.05, 0.1) is 6.34 Å². The molecule has 1 aliphatic heterocycles. The molecule has 0 bridgehead atoms. The van der Waals surface area contributed by atoms with Gasteiger partial charge in [0.15, 0.2) is 11.6 Å². The molecule has 10 heavy (non-hydrogen) atoms. The van der Waals surface area contributed by atoms with E-state index < -0.39 is 0 Å². The average Bonchev–Trinajstić information content (AvgIpc) is 2.05. The summed E-state index contributed by atoms with van der Waals surface area (Å²) in [6.45, 7) is 0. The lowest BCUT2D eigenvalue weighted by molar-refractivity contribution is 0.879. The van der Waals surface area contributed by atoms with Crippen LogP contribution >= 0.6 is 24.4 Å². The van der Waals surface area contributed by atoms with Gasteiger partial charge in [-0.05, 0) is 29.5 Å². The maximum absolute atomic E-state index is 4.52. The molecule has 0 aromatic heterocycles. The van der Waals surface area contributed by atoms with Crippen LogP contribution in [-0.4, -0.2) is 16.4 Å². The van der Waals surface area contributed by atoms with Gasteiger partial charge in [-0.2, -0.15) is 0 Å². The Bertz CT molecular complexity index is 269. The molecule has 0 aliphatic carbocycles. The van der Waals surface area contributed by atoms with Gasteiger partial charge in [-0.1, -0.05) is 0 Å². The fourth-order valence-electron chi connectivity index (χ4n) is 0.455. The molecule has 0 radical (unpaired) electrons. The molecule has 1 heterocycles. The van der Waals surface area contributed by atoms with E-state index in [9.17, 15) is 0 Å². The standard InChI is InChI=1S/C5H3N3S2/c9-1-4-6-3-7-5(2-10)8-4/h3,8H,(H,6,7). The fraction of sp³-hybridized carbons (Fsp3) is 0. The van der Waals surface area contributed by atoms with Gasteiger partial charge in [-0.25, -0.2) is 4.99 Å². The summed E-state index contributed by atoms with van der Waals surface area (Å²) in [4.78, 5) is 3.79. The van der Waals surface area contributed by atoms with E-state index in [1.54, 1.807) is 0 Å². The predicted molar refractivity (Wildman–Crippen MR) is 47.0 cm³/mol. The monoisotopic (exact) mass is 169 g/mol. The molecule has 0 fully saturated rings. The van der Waals surface area contributed by atoms with Crippen LogP contribution in [0.1, 0.15) is 0 Å². The van der Waals surface area contributed by atoms with Crippen molar-refractivity contribution in [2.75, 3.05) is 0 Å². The zero-order chi connectivity index (χ0) is 7.40. The molecular weight excluding hydrogens is 166 g/mol. The maximum Gasteiger partial charge on any atom is 0.189 e. The van der Waals surface area contributed by atoms with Gasteiger partial charge < -0.3 is 10.6 Å². The lowest BCUT2D eigenvalue weighted by Gasteiger charge is -2.09. The predicted octanol–water partition coefficient (Wildman–Crippen LogP) is 0.0875. The van der Waals surface area contributed by atoms with Crippen LogP contribution < -0.4 is 10.6 Å². The SMILES string of the molecule is S=C=C1N=CNC(=C=S)N1. The lowest BCUT2D eigenvalue weighted by Crippen LogP contribution is -2.29. The summed E-state index contributed by atoms with van der Waals surface area (Å²) in [5.41, 5.74) is 0. The van der Waals surface area contributed by atoms with E-state index in [4.69, 9.17) is 0 Å². The quantitative estimate of drug-likeness (QED) is 0.504. The summed E-state index contributed by atoms with van der Waals surface area (Å²) in [7, 11) is 0. The van der Waals surface area contributed by atoms with Crippen molar-refractivity contribution in [1.82, 2.24) is 10.6 Å². The normalized spacial score (nSPS) is 14.8. The highest BCUT2D eigenvalue weighted by Gasteiger charge is 2.00. The number of nitrogens with one attached hydrogen (secondary N) is 2. The van der Waals surface area contributed by atoms with Gasteiger partial charge in [0.25, 0.3) is 0 Å². The van der Waals surface area contributed by atoms with Gasteiger partial charge in [0.2, 0.25) is 0 Å². The molecule has 3 nitrogen and oxygen atoms in total. The Hall–Kier alpha value is -0.990. The van der Waals surface area contributed by atoms with E-state index in [2.05, 4.69) is 50.1 Å². The third-order valence-corrected chi connectivity index (χ3v) is 1.24. The minimum Gasteiger partial charge on any atom is -0.325 e. The number of thiocarbonyl (C=S) groups is 2. The summed E-state index contributed by atoms with van der Waals surface area (Å²) >= 11 is 9.03. The second-order valence-corrected chi connectivity index (χ2v) is 1.86. The third-order valence-electron chi connectivity index (χ3n) is 0.845. The number of nitrogens with zero attached hydrogens (tertiary/aromatic N) is 1. The molecule has 5 heteroatoms. The van der Waals surface area contributed by atoms with Crippen LogP contribution in [0.3, 0.4) is 0 Å². The molecule has 0 saturated heterocycles. The lowest BCUT2D eigenvalue weighted by atomic mass is 10.6. The van der Waals surface area contributed by atoms with Gasteiger partial charge in [0, 0.05) is 5.02 Å². The molecule has 0 atom stereocenters. The highest BCUT2D eigenvalue weighted by molar-refractivity contribution is 7.78. The van der Waals surface area contributed by atoms with Crippen molar-refractivity contribution in [3.8, 4) is 0 Å². The van der Waals surface area contributed by atoms with E-state index in [-0.39, 0.29) is 0 Å². The molecule has 1 rings (SSSR count). The number of aliphatic imine (C=N–C) groups is 1. The van der Waals surface area contributed by atoms with Crippen LogP contribution in [-0.2, 0) is 0 Å². The van der Waals surface area contributed by atoms with Gasteiger partial charge in [0.1, 0.15) is 0 Å². The van der Waals surface area contributed by atoms with E-state index >= 15 is 0 Å². The van der Waals surface area contributed by atoms with E-state index in [1.807, 2.05) is 0 Å². The number of hydrogen-bond acceptors (Lipinski definition) is 5. The van der Waals surface area contributed by atoms with Gasteiger partial charge >= 0.3 is 0 Å². The smallest absolute Gasteiger partial charge is 0.189 e. The van der Waals surface area contributed by atoms with E-state index in [0.29, 0.717) is 11.6 Å².